The average molecular weight is 469 g/mol. The Labute approximate surface area is 205 Å². The lowest BCUT2D eigenvalue weighted by atomic mass is 10.1. The van der Waals surface area contributed by atoms with E-state index in [1.165, 1.54) is 7.11 Å². The van der Waals surface area contributed by atoms with Gasteiger partial charge in [-0.15, -0.1) is 0 Å². The topological polar surface area (TPSA) is 69.7 Å². The molecule has 4 aromatic rings. The van der Waals surface area contributed by atoms with Crippen molar-refractivity contribution in [3.05, 3.63) is 102 Å². The van der Waals surface area contributed by atoms with Gasteiger partial charge in [0.2, 0.25) is 5.88 Å². The van der Waals surface area contributed by atoms with Gasteiger partial charge in [-0.25, -0.2) is 9.78 Å². The summed E-state index contributed by atoms with van der Waals surface area (Å²) in [6, 6.07) is 25.4. The highest BCUT2D eigenvalue weighted by atomic mass is 16.5. The van der Waals surface area contributed by atoms with Gasteiger partial charge in [0.25, 0.3) is 0 Å². The van der Waals surface area contributed by atoms with Crippen molar-refractivity contribution >= 4 is 28.5 Å². The molecule has 35 heavy (non-hydrogen) atoms. The first-order chi connectivity index (χ1) is 17.2. The van der Waals surface area contributed by atoms with Crippen LogP contribution < -0.4 is 14.8 Å². The number of esters is 1. The molecule has 6 heteroatoms. The Morgan fingerprint density at radius 3 is 2.49 bits per heavy atom. The summed E-state index contributed by atoms with van der Waals surface area (Å²) in [7, 11) is 2.97. The number of hydrogen-bond acceptors (Lipinski definition) is 6. The van der Waals surface area contributed by atoms with Crippen molar-refractivity contribution in [2.75, 3.05) is 32.7 Å². The molecule has 6 nitrogen and oxygen atoms in total. The molecular weight excluding hydrogens is 440 g/mol. The molecule has 0 fully saturated rings. The maximum atomic E-state index is 11.7. The van der Waals surface area contributed by atoms with Gasteiger partial charge in [-0.2, -0.15) is 0 Å². The number of carbonyl (C=O) groups is 1. The van der Waals surface area contributed by atoms with E-state index in [2.05, 4.69) is 34.6 Å². The first-order valence-electron chi connectivity index (χ1n) is 11.4. The molecule has 4 rings (SSSR count). The van der Waals surface area contributed by atoms with Gasteiger partial charge in [-0.3, -0.25) is 0 Å². The van der Waals surface area contributed by atoms with Crippen LogP contribution in [-0.2, 0) is 4.74 Å². The Hall–Kier alpha value is -4.32. The third kappa shape index (κ3) is 6.38. The zero-order chi connectivity index (χ0) is 24.5. The number of benzene rings is 3. The molecule has 0 spiro atoms. The molecule has 0 aliphatic carbocycles. The van der Waals surface area contributed by atoms with Crippen LogP contribution in [0.25, 0.3) is 16.8 Å². The Bertz CT molecular complexity index is 1290. The molecule has 0 aliphatic rings. The summed E-state index contributed by atoms with van der Waals surface area (Å²) >= 11 is 0. The van der Waals surface area contributed by atoms with Crippen LogP contribution in [0.3, 0.4) is 0 Å². The molecule has 178 valence electrons. The van der Waals surface area contributed by atoms with E-state index in [4.69, 9.17) is 14.2 Å². The quantitative estimate of drug-likeness (QED) is 0.288. The number of anilines is 1. The number of nitrogens with one attached hydrogen (secondary N) is 1. The largest absolute Gasteiger partial charge is 0.493 e. The van der Waals surface area contributed by atoms with E-state index in [0.717, 1.165) is 39.8 Å². The molecule has 1 heterocycles. The normalized spacial score (nSPS) is 11.2. The third-order valence-corrected chi connectivity index (χ3v) is 5.60. The average Bonchev–Trinajstić information content (AvgIpc) is 2.92. The molecule has 0 aliphatic heterocycles. The van der Waals surface area contributed by atoms with Crippen molar-refractivity contribution in [1.29, 1.82) is 0 Å². The van der Waals surface area contributed by atoms with Gasteiger partial charge in [-0.05, 0) is 40.8 Å². The fraction of sp³-hybridized carbons (Fsp3) is 0.172. The van der Waals surface area contributed by atoms with Crippen LogP contribution in [0.1, 0.15) is 22.3 Å². The van der Waals surface area contributed by atoms with Crippen molar-refractivity contribution in [3.63, 3.8) is 0 Å². The number of pyridine rings is 1. The standard InChI is InChI=1S/C29H28N2O4/c1-33-28-15-14-25(20-31-28)30-19-22(18-21-10-12-24(13-11-21)29(32)34-2)16-17-35-27-9-5-7-23-6-3-4-8-26(23)27/h3-15,18,20,30H,16-17,19H2,1-2H3/b22-18-. The van der Waals surface area contributed by atoms with Crippen LogP contribution in [0.15, 0.2) is 90.6 Å². The summed E-state index contributed by atoms with van der Waals surface area (Å²) in [6.45, 7) is 1.15. The molecule has 1 aromatic heterocycles. The van der Waals surface area contributed by atoms with E-state index in [0.29, 0.717) is 24.6 Å². The van der Waals surface area contributed by atoms with Crippen LogP contribution in [0.4, 0.5) is 5.69 Å². The molecule has 0 saturated heterocycles. The summed E-state index contributed by atoms with van der Waals surface area (Å²) in [5.74, 6) is 1.09. The zero-order valence-electron chi connectivity index (χ0n) is 19.9. The number of nitrogens with zero attached hydrogens (tertiary/aromatic N) is 1. The Morgan fingerprint density at radius 1 is 0.943 bits per heavy atom. The Kier molecular flexibility index (Phi) is 7.96. The first kappa shape index (κ1) is 23.8. The predicted octanol–water partition coefficient (Wildman–Crippen LogP) is 5.99. The molecule has 0 atom stereocenters. The molecule has 0 radical (unpaired) electrons. The van der Waals surface area contributed by atoms with Crippen LogP contribution in [0, 0.1) is 0 Å². The van der Waals surface area contributed by atoms with Crippen molar-refractivity contribution in [3.8, 4) is 11.6 Å². The Balaban J connectivity index is 1.48. The highest BCUT2D eigenvalue weighted by Gasteiger charge is 2.07. The van der Waals surface area contributed by atoms with Gasteiger partial charge in [0.15, 0.2) is 0 Å². The van der Waals surface area contributed by atoms with Crippen molar-refractivity contribution < 1.29 is 19.0 Å². The first-order valence-corrected chi connectivity index (χ1v) is 11.4. The van der Waals surface area contributed by atoms with Crippen molar-refractivity contribution in [2.24, 2.45) is 0 Å². The molecule has 0 saturated carbocycles. The van der Waals surface area contributed by atoms with E-state index >= 15 is 0 Å². The maximum absolute atomic E-state index is 11.7. The minimum atomic E-state index is -0.349. The molecule has 0 bridgehead atoms. The summed E-state index contributed by atoms with van der Waals surface area (Å²) in [5, 5.41) is 5.67. The monoisotopic (exact) mass is 468 g/mol. The summed E-state index contributed by atoms with van der Waals surface area (Å²) in [6.07, 6.45) is 4.57. The van der Waals surface area contributed by atoms with Gasteiger partial charge in [0.05, 0.1) is 38.3 Å². The van der Waals surface area contributed by atoms with Gasteiger partial charge in [0.1, 0.15) is 5.75 Å². The number of fused-ring (bicyclic) bond motifs is 1. The molecular formula is C29H28N2O4. The van der Waals surface area contributed by atoms with Gasteiger partial charge in [-0.1, -0.05) is 54.6 Å². The fourth-order valence-corrected chi connectivity index (χ4v) is 3.72. The van der Waals surface area contributed by atoms with Crippen LogP contribution in [-0.4, -0.2) is 38.3 Å². The summed E-state index contributed by atoms with van der Waals surface area (Å²) in [5.41, 5.74) is 3.56. The van der Waals surface area contributed by atoms with E-state index in [1.807, 2.05) is 48.5 Å². The molecule has 1 N–H and O–H groups in total. The van der Waals surface area contributed by atoms with E-state index in [-0.39, 0.29) is 5.97 Å². The lowest BCUT2D eigenvalue weighted by Crippen LogP contribution is -2.09. The number of ether oxygens (including phenoxy) is 3. The highest BCUT2D eigenvalue weighted by Crippen LogP contribution is 2.25. The second-order valence-corrected chi connectivity index (χ2v) is 7.93. The SMILES string of the molecule is COC(=O)c1ccc(/C=C(/CCOc2cccc3ccccc23)CNc2ccc(OC)nc2)cc1. The van der Waals surface area contributed by atoms with E-state index < -0.39 is 0 Å². The second-order valence-electron chi connectivity index (χ2n) is 7.93. The van der Waals surface area contributed by atoms with Crippen molar-refractivity contribution in [2.45, 2.75) is 6.42 Å². The van der Waals surface area contributed by atoms with Gasteiger partial charge in [0, 0.05) is 24.4 Å². The number of carbonyl (C=O) groups excluding carboxylic acids is 1. The molecule has 0 unspecified atom stereocenters. The fourth-order valence-electron chi connectivity index (χ4n) is 3.72. The lowest BCUT2D eigenvalue weighted by Gasteiger charge is -2.13. The number of methoxy groups -OCH3 is 2. The van der Waals surface area contributed by atoms with Crippen LogP contribution in [0.2, 0.25) is 0 Å². The van der Waals surface area contributed by atoms with Crippen LogP contribution in [0.5, 0.6) is 11.6 Å². The maximum Gasteiger partial charge on any atom is 0.337 e. The Morgan fingerprint density at radius 2 is 1.74 bits per heavy atom. The second kappa shape index (κ2) is 11.7. The van der Waals surface area contributed by atoms with Crippen molar-refractivity contribution in [1.82, 2.24) is 4.98 Å². The van der Waals surface area contributed by atoms with Crippen LogP contribution >= 0.6 is 0 Å². The predicted molar refractivity (Wildman–Crippen MR) is 139 cm³/mol. The highest BCUT2D eigenvalue weighted by molar-refractivity contribution is 5.89. The molecule has 0 amide bonds. The molecule has 3 aromatic carbocycles. The minimum Gasteiger partial charge on any atom is -0.493 e. The minimum absolute atomic E-state index is 0.349. The lowest BCUT2D eigenvalue weighted by molar-refractivity contribution is 0.0600. The summed E-state index contributed by atoms with van der Waals surface area (Å²) in [4.78, 5) is 16.0. The zero-order valence-corrected chi connectivity index (χ0v) is 19.9. The smallest absolute Gasteiger partial charge is 0.337 e. The number of hydrogen-bond donors (Lipinski definition) is 1. The van der Waals surface area contributed by atoms with Gasteiger partial charge < -0.3 is 19.5 Å². The van der Waals surface area contributed by atoms with Gasteiger partial charge >= 0.3 is 5.97 Å². The number of aromatic nitrogens is 1. The van der Waals surface area contributed by atoms with E-state index in [9.17, 15) is 4.79 Å². The third-order valence-electron chi connectivity index (χ3n) is 5.60. The number of rotatable bonds is 10. The van der Waals surface area contributed by atoms with E-state index in [1.54, 1.807) is 25.4 Å². The summed E-state index contributed by atoms with van der Waals surface area (Å²) < 4.78 is 16.1.